The Morgan fingerprint density at radius 2 is 2.00 bits per heavy atom. The van der Waals surface area contributed by atoms with Gasteiger partial charge in [0.1, 0.15) is 17.7 Å². The van der Waals surface area contributed by atoms with Gasteiger partial charge < -0.3 is 19.9 Å². The molecule has 2 N–H and O–H groups in total. The number of hydrogen-bond acceptors (Lipinski definition) is 4. The van der Waals surface area contributed by atoms with Gasteiger partial charge in [0, 0.05) is 32.0 Å². The van der Waals surface area contributed by atoms with Gasteiger partial charge in [0.15, 0.2) is 0 Å². The molecule has 1 saturated heterocycles. The average Bonchev–Trinajstić information content (AvgIpc) is 3.05. The average molecular weight is 300 g/mol. The largest absolute Gasteiger partial charge is 0.490 e. The van der Waals surface area contributed by atoms with E-state index in [1.54, 1.807) is 6.20 Å². The lowest BCUT2D eigenvalue weighted by Crippen LogP contribution is -2.35. The van der Waals surface area contributed by atoms with Crippen LogP contribution in [0.2, 0.25) is 0 Å². The first-order valence-corrected chi connectivity index (χ1v) is 7.93. The SMILES string of the molecule is CN1CCC(Oc2ccc(CNCc3ncc[nH]3)cc2)CC1. The number of imidazole rings is 1. The molecule has 5 nitrogen and oxygen atoms in total. The molecular weight excluding hydrogens is 276 g/mol. The van der Waals surface area contributed by atoms with Crippen LogP contribution in [0.25, 0.3) is 0 Å². The number of nitrogens with one attached hydrogen (secondary N) is 2. The number of hydrogen-bond donors (Lipinski definition) is 2. The van der Waals surface area contributed by atoms with E-state index in [1.807, 2.05) is 6.20 Å². The van der Waals surface area contributed by atoms with E-state index in [0.717, 1.165) is 50.6 Å². The topological polar surface area (TPSA) is 53.2 Å². The molecule has 1 aromatic heterocycles. The first kappa shape index (κ1) is 15.1. The molecule has 3 rings (SSSR count). The Labute approximate surface area is 131 Å². The van der Waals surface area contributed by atoms with Crippen LogP contribution in [0.15, 0.2) is 36.7 Å². The minimum Gasteiger partial charge on any atom is -0.490 e. The molecule has 118 valence electrons. The minimum atomic E-state index is 0.360. The highest BCUT2D eigenvalue weighted by atomic mass is 16.5. The molecule has 1 aliphatic rings. The van der Waals surface area contributed by atoms with Crippen molar-refractivity contribution in [3.8, 4) is 5.75 Å². The molecule has 2 aromatic rings. The number of rotatable bonds is 6. The number of aromatic amines is 1. The smallest absolute Gasteiger partial charge is 0.120 e. The van der Waals surface area contributed by atoms with E-state index in [2.05, 4.69) is 51.5 Å². The summed E-state index contributed by atoms with van der Waals surface area (Å²) in [6, 6.07) is 8.39. The number of nitrogens with zero attached hydrogens (tertiary/aromatic N) is 2. The van der Waals surface area contributed by atoms with Crippen molar-refractivity contribution < 1.29 is 4.74 Å². The lowest BCUT2D eigenvalue weighted by Gasteiger charge is -2.29. The maximum Gasteiger partial charge on any atom is 0.120 e. The Hall–Kier alpha value is -1.85. The third kappa shape index (κ3) is 4.32. The zero-order valence-electron chi connectivity index (χ0n) is 13.1. The van der Waals surface area contributed by atoms with Gasteiger partial charge in [-0.2, -0.15) is 0 Å². The molecule has 0 aliphatic carbocycles. The molecular formula is C17H24N4O. The van der Waals surface area contributed by atoms with Crippen LogP contribution >= 0.6 is 0 Å². The van der Waals surface area contributed by atoms with Crippen molar-refractivity contribution in [2.45, 2.75) is 32.0 Å². The number of piperidine rings is 1. The molecule has 0 bridgehead atoms. The van der Waals surface area contributed by atoms with E-state index in [4.69, 9.17) is 4.74 Å². The fraction of sp³-hybridized carbons (Fsp3) is 0.471. The molecule has 1 fully saturated rings. The van der Waals surface area contributed by atoms with Gasteiger partial charge in [-0.15, -0.1) is 0 Å². The van der Waals surface area contributed by atoms with Crippen LogP contribution in [-0.4, -0.2) is 41.1 Å². The molecule has 0 spiro atoms. The Kier molecular flexibility index (Phi) is 5.08. The van der Waals surface area contributed by atoms with Crippen LogP contribution in [0.1, 0.15) is 24.2 Å². The lowest BCUT2D eigenvalue weighted by molar-refractivity contribution is 0.114. The molecule has 0 radical (unpaired) electrons. The number of benzene rings is 1. The van der Waals surface area contributed by atoms with Crippen LogP contribution in [0, 0.1) is 0 Å². The Balaban J connectivity index is 1.43. The molecule has 1 aromatic carbocycles. The summed E-state index contributed by atoms with van der Waals surface area (Å²) < 4.78 is 6.06. The first-order valence-electron chi connectivity index (χ1n) is 7.93. The van der Waals surface area contributed by atoms with Gasteiger partial charge in [-0.25, -0.2) is 4.98 Å². The highest BCUT2D eigenvalue weighted by Gasteiger charge is 2.17. The number of ether oxygens (including phenoxy) is 1. The van der Waals surface area contributed by atoms with Gasteiger partial charge in [0.25, 0.3) is 0 Å². The van der Waals surface area contributed by atoms with Crippen molar-refractivity contribution in [1.82, 2.24) is 20.2 Å². The second-order valence-corrected chi connectivity index (χ2v) is 5.90. The summed E-state index contributed by atoms with van der Waals surface area (Å²) in [5.41, 5.74) is 1.25. The lowest BCUT2D eigenvalue weighted by atomic mass is 10.1. The van der Waals surface area contributed by atoms with Crippen molar-refractivity contribution in [2.24, 2.45) is 0 Å². The van der Waals surface area contributed by atoms with Crippen molar-refractivity contribution in [2.75, 3.05) is 20.1 Å². The molecule has 1 aliphatic heterocycles. The molecule has 0 amide bonds. The van der Waals surface area contributed by atoms with Crippen LogP contribution in [-0.2, 0) is 13.1 Å². The standard InChI is InChI=1S/C17H24N4O/c1-21-10-6-16(7-11-21)22-15-4-2-14(3-5-15)12-18-13-17-19-8-9-20-17/h2-5,8-9,16,18H,6-7,10-13H2,1H3,(H,19,20). The van der Waals surface area contributed by atoms with Crippen molar-refractivity contribution in [1.29, 1.82) is 0 Å². The van der Waals surface area contributed by atoms with Gasteiger partial charge in [0.05, 0.1) is 6.54 Å². The van der Waals surface area contributed by atoms with Crippen LogP contribution in [0.5, 0.6) is 5.75 Å². The van der Waals surface area contributed by atoms with Gasteiger partial charge in [-0.3, -0.25) is 0 Å². The van der Waals surface area contributed by atoms with Gasteiger partial charge in [-0.1, -0.05) is 12.1 Å². The molecule has 5 heteroatoms. The van der Waals surface area contributed by atoms with E-state index < -0.39 is 0 Å². The Bertz CT molecular complexity index is 545. The maximum absolute atomic E-state index is 6.06. The van der Waals surface area contributed by atoms with Gasteiger partial charge in [-0.05, 0) is 37.6 Å². The summed E-state index contributed by atoms with van der Waals surface area (Å²) in [7, 11) is 2.17. The minimum absolute atomic E-state index is 0.360. The van der Waals surface area contributed by atoms with E-state index in [9.17, 15) is 0 Å². The van der Waals surface area contributed by atoms with Crippen molar-refractivity contribution >= 4 is 0 Å². The predicted molar refractivity (Wildman–Crippen MR) is 86.7 cm³/mol. The number of H-pyrrole nitrogens is 1. The van der Waals surface area contributed by atoms with Crippen molar-refractivity contribution in [3.63, 3.8) is 0 Å². The third-order valence-electron chi connectivity index (χ3n) is 4.07. The first-order chi connectivity index (χ1) is 10.8. The van der Waals surface area contributed by atoms with E-state index in [0.29, 0.717) is 6.10 Å². The summed E-state index contributed by atoms with van der Waals surface area (Å²) in [5.74, 6) is 1.94. The quantitative estimate of drug-likeness (QED) is 0.858. The summed E-state index contributed by atoms with van der Waals surface area (Å²) in [5, 5.41) is 3.37. The molecule has 0 saturated carbocycles. The molecule has 22 heavy (non-hydrogen) atoms. The number of aromatic nitrogens is 2. The highest BCUT2D eigenvalue weighted by Crippen LogP contribution is 2.19. The summed E-state index contributed by atoms with van der Waals surface area (Å²) in [6.45, 7) is 3.83. The highest BCUT2D eigenvalue weighted by molar-refractivity contribution is 5.27. The van der Waals surface area contributed by atoms with Crippen LogP contribution in [0.3, 0.4) is 0 Å². The summed E-state index contributed by atoms with van der Waals surface area (Å²) in [4.78, 5) is 9.63. The monoisotopic (exact) mass is 300 g/mol. The zero-order valence-corrected chi connectivity index (χ0v) is 13.1. The van der Waals surface area contributed by atoms with E-state index in [1.165, 1.54) is 5.56 Å². The normalized spacial score (nSPS) is 16.8. The third-order valence-corrected chi connectivity index (χ3v) is 4.07. The molecule has 2 heterocycles. The van der Waals surface area contributed by atoms with Crippen molar-refractivity contribution in [3.05, 3.63) is 48.0 Å². The number of likely N-dealkylation sites (tertiary alicyclic amines) is 1. The Morgan fingerprint density at radius 3 is 2.68 bits per heavy atom. The van der Waals surface area contributed by atoms with Crippen LogP contribution in [0.4, 0.5) is 0 Å². The second kappa shape index (κ2) is 7.42. The van der Waals surface area contributed by atoms with E-state index >= 15 is 0 Å². The molecule has 0 atom stereocenters. The maximum atomic E-state index is 6.06. The summed E-state index contributed by atoms with van der Waals surface area (Å²) in [6.07, 6.45) is 6.20. The fourth-order valence-electron chi connectivity index (χ4n) is 2.70. The Morgan fingerprint density at radius 1 is 1.23 bits per heavy atom. The zero-order chi connectivity index (χ0) is 15.2. The second-order valence-electron chi connectivity index (χ2n) is 5.90. The fourth-order valence-corrected chi connectivity index (χ4v) is 2.70. The van der Waals surface area contributed by atoms with Gasteiger partial charge >= 0.3 is 0 Å². The van der Waals surface area contributed by atoms with Gasteiger partial charge in [0.2, 0.25) is 0 Å². The predicted octanol–water partition coefficient (Wildman–Crippen LogP) is 2.17. The molecule has 0 unspecified atom stereocenters. The van der Waals surface area contributed by atoms with E-state index in [-0.39, 0.29) is 0 Å². The van der Waals surface area contributed by atoms with Crippen LogP contribution < -0.4 is 10.1 Å². The summed E-state index contributed by atoms with van der Waals surface area (Å²) >= 11 is 0.